The predicted octanol–water partition coefficient (Wildman–Crippen LogP) is 7.85. The average Bonchev–Trinajstić information content (AvgIpc) is 2.98. The molecule has 7 nitrogen and oxygen atoms in total. The zero-order valence-corrected chi connectivity index (χ0v) is 22.8. The van der Waals surface area contributed by atoms with E-state index in [-0.39, 0.29) is 23.0 Å². The molecular weight excluding hydrogens is 567 g/mol. The van der Waals surface area contributed by atoms with Gasteiger partial charge in [0.15, 0.2) is 0 Å². The molecule has 0 bridgehead atoms. The van der Waals surface area contributed by atoms with E-state index in [1.54, 1.807) is 55.7 Å². The number of hydrogen-bond acceptors (Lipinski definition) is 7. The summed E-state index contributed by atoms with van der Waals surface area (Å²) in [5.74, 6) is 0.356. The van der Waals surface area contributed by atoms with Crippen LogP contribution in [-0.2, 0) is 6.18 Å². The van der Waals surface area contributed by atoms with Crippen LogP contribution in [0.5, 0.6) is 11.5 Å². The number of aromatic nitrogens is 4. The monoisotopic (exact) mass is 589 g/mol. The Morgan fingerprint density at radius 2 is 1.50 bits per heavy atom. The van der Waals surface area contributed by atoms with Crippen LogP contribution < -0.4 is 5.32 Å². The van der Waals surface area contributed by atoms with Crippen LogP contribution in [0.3, 0.4) is 0 Å². The molecule has 0 aliphatic rings. The molecule has 3 aromatic heterocycles. The number of para-hydroxylation sites is 1. The average molecular weight is 590 g/mol. The van der Waals surface area contributed by atoms with Gasteiger partial charge in [0, 0.05) is 40.6 Å². The van der Waals surface area contributed by atoms with Crippen molar-refractivity contribution < 1.29 is 23.4 Å². The molecule has 6 aromatic rings. The molecule has 0 saturated heterocycles. The number of hydrogen-bond donors (Lipinski definition) is 3. The van der Waals surface area contributed by atoms with Gasteiger partial charge in [0.05, 0.1) is 16.6 Å². The van der Waals surface area contributed by atoms with Crippen molar-refractivity contribution in [1.82, 2.24) is 19.9 Å². The number of aryl methyl sites for hydroxylation is 1. The maximum atomic E-state index is 13.0. The van der Waals surface area contributed by atoms with E-state index in [1.165, 1.54) is 18.3 Å². The number of benzene rings is 3. The molecule has 0 fully saturated rings. The van der Waals surface area contributed by atoms with E-state index in [4.69, 9.17) is 11.6 Å². The van der Waals surface area contributed by atoms with Gasteiger partial charge in [0.2, 0.25) is 5.95 Å². The molecule has 0 aliphatic heterocycles. The van der Waals surface area contributed by atoms with Crippen LogP contribution in [0.4, 0.5) is 19.1 Å². The lowest BCUT2D eigenvalue weighted by Crippen LogP contribution is -2.15. The first-order valence-corrected chi connectivity index (χ1v) is 13.0. The molecule has 1 atom stereocenters. The highest BCUT2D eigenvalue weighted by Crippen LogP contribution is 2.40. The van der Waals surface area contributed by atoms with Gasteiger partial charge in [-0.1, -0.05) is 41.9 Å². The molecule has 0 spiro atoms. The van der Waals surface area contributed by atoms with E-state index in [0.29, 0.717) is 32.7 Å². The maximum Gasteiger partial charge on any atom is 0.416 e. The molecule has 3 aromatic carbocycles. The second-order valence-electron chi connectivity index (χ2n) is 9.27. The molecule has 3 heterocycles. The van der Waals surface area contributed by atoms with Crippen molar-refractivity contribution in [3.63, 3.8) is 0 Å². The molecule has 11 heteroatoms. The Hall–Kier alpha value is -4.96. The topological polar surface area (TPSA) is 104 Å². The number of nitrogens with zero attached hydrogens (tertiary/aromatic N) is 4. The summed E-state index contributed by atoms with van der Waals surface area (Å²) < 4.78 is 39.1. The molecule has 0 saturated carbocycles. The summed E-state index contributed by atoms with van der Waals surface area (Å²) in [4.78, 5) is 16.7. The number of fused-ring (bicyclic) bond motifs is 2. The number of phenols is 2. The number of phenolic OH excluding ortho intramolecular Hbond substituents is 2. The highest BCUT2D eigenvalue weighted by molar-refractivity contribution is 6.35. The standard InChI is InChI=1S/C22H16ClF3N4O.C9H7NO/c1-12-8-10-28-21(29-12)30-18(13-4-6-14(7-5-13)22(24,25)26)16-11-17(23)15-3-2-9-27-19(15)20(16)31;11-8-5-1-3-7-4-2-6-10-9(7)8/h2-11,18,31H,1H3,(H,28,29,30);1-6,11H/t18-;/m1./s1. The lowest BCUT2D eigenvalue weighted by atomic mass is 9.95. The van der Waals surface area contributed by atoms with Crippen LogP contribution in [0.25, 0.3) is 21.8 Å². The van der Waals surface area contributed by atoms with Gasteiger partial charge >= 0.3 is 6.18 Å². The summed E-state index contributed by atoms with van der Waals surface area (Å²) in [6.45, 7) is 1.79. The summed E-state index contributed by atoms with van der Waals surface area (Å²) in [5, 5.41) is 25.2. The number of nitrogens with one attached hydrogen (secondary N) is 1. The van der Waals surface area contributed by atoms with Crippen LogP contribution in [-0.4, -0.2) is 30.1 Å². The van der Waals surface area contributed by atoms with Crippen LogP contribution in [0, 0.1) is 6.92 Å². The fraction of sp³-hybridized carbons (Fsp3) is 0.0968. The quantitative estimate of drug-likeness (QED) is 0.192. The van der Waals surface area contributed by atoms with Gasteiger partial charge in [-0.25, -0.2) is 9.97 Å². The van der Waals surface area contributed by atoms with E-state index in [9.17, 15) is 23.4 Å². The molecular formula is C31H23ClF3N5O2. The number of alkyl halides is 3. The minimum atomic E-state index is -4.46. The van der Waals surface area contributed by atoms with Crippen molar-refractivity contribution in [2.75, 3.05) is 5.32 Å². The van der Waals surface area contributed by atoms with E-state index in [2.05, 4.69) is 25.3 Å². The van der Waals surface area contributed by atoms with Crippen molar-refractivity contribution in [2.45, 2.75) is 19.1 Å². The Kier molecular flexibility index (Phi) is 8.08. The molecule has 0 unspecified atom stereocenters. The van der Waals surface area contributed by atoms with Gasteiger partial charge in [-0.2, -0.15) is 13.2 Å². The Bertz CT molecular complexity index is 1860. The lowest BCUT2D eigenvalue weighted by Gasteiger charge is -2.22. The summed E-state index contributed by atoms with van der Waals surface area (Å²) in [6.07, 6.45) is 0.289. The van der Waals surface area contributed by atoms with E-state index in [0.717, 1.165) is 17.5 Å². The number of rotatable bonds is 4. The first-order valence-electron chi connectivity index (χ1n) is 12.6. The van der Waals surface area contributed by atoms with Crippen molar-refractivity contribution in [1.29, 1.82) is 0 Å². The summed E-state index contributed by atoms with van der Waals surface area (Å²) >= 11 is 6.42. The van der Waals surface area contributed by atoms with Crippen molar-refractivity contribution in [3.8, 4) is 11.5 Å². The highest BCUT2D eigenvalue weighted by Gasteiger charge is 2.31. The van der Waals surface area contributed by atoms with Gasteiger partial charge in [-0.3, -0.25) is 9.97 Å². The SMILES string of the molecule is Cc1ccnc(N[C@H](c2ccc(C(F)(F)F)cc2)c2cc(Cl)c3cccnc3c2O)n1.Oc1cccc2cccnc12. The zero-order valence-electron chi connectivity index (χ0n) is 22.0. The first kappa shape index (κ1) is 28.6. The normalized spacial score (nSPS) is 12.0. The van der Waals surface area contributed by atoms with Gasteiger partial charge in [-0.15, -0.1) is 0 Å². The fourth-order valence-corrected chi connectivity index (χ4v) is 4.64. The summed E-state index contributed by atoms with van der Waals surface area (Å²) in [5.41, 5.74) is 1.67. The van der Waals surface area contributed by atoms with Gasteiger partial charge in [0.1, 0.15) is 22.5 Å². The Morgan fingerprint density at radius 3 is 2.19 bits per heavy atom. The Morgan fingerprint density at radius 1 is 0.810 bits per heavy atom. The number of pyridine rings is 2. The van der Waals surface area contributed by atoms with Crippen molar-refractivity contribution in [2.24, 2.45) is 0 Å². The highest BCUT2D eigenvalue weighted by atomic mass is 35.5. The first-order chi connectivity index (χ1) is 20.1. The lowest BCUT2D eigenvalue weighted by molar-refractivity contribution is -0.137. The van der Waals surface area contributed by atoms with Crippen LogP contribution >= 0.6 is 11.6 Å². The van der Waals surface area contributed by atoms with Crippen LogP contribution in [0.15, 0.2) is 97.5 Å². The minimum absolute atomic E-state index is 0.134. The Labute approximate surface area is 243 Å². The van der Waals surface area contributed by atoms with Gasteiger partial charge in [0.25, 0.3) is 0 Å². The Balaban J connectivity index is 0.000000267. The predicted molar refractivity (Wildman–Crippen MR) is 156 cm³/mol. The number of aromatic hydroxyl groups is 2. The van der Waals surface area contributed by atoms with Crippen LogP contribution in [0.2, 0.25) is 5.02 Å². The molecule has 0 amide bonds. The molecule has 3 N–H and O–H groups in total. The molecule has 42 heavy (non-hydrogen) atoms. The molecule has 0 radical (unpaired) electrons. The molecule has 0 aliphatic carbocycles. The minimum Gasteiger partial charge on any atom is -0.506 e. The van der Waals surface area contributed by atoms with Gasteiger partial charge < -0.3 is 15.5 Å². The molecule has 212 valence electrons. The van der Waals surface area contributed by atoms with E-state index in [1.807, 2.05) is 18.2 Å². The maximum absolute atomic E-state index is 13.0. The number of anilines is 1. The smallest absolute Gasteiger partial charge is 0.416 e. The summed E-state index contributed by atoms with van der Waals surface area (Å²) in [6, 6.07) is 19.7. The van der Waals surface area contributed by atoms with Gasteiger partial charge in [-0.05, 0) is 61.0 Å². The second kappa shape index (κ2) is 11.9. The fourth-order valence-electron chi connectivity index (χ4n) is 4.37. The molecule has 6 rings (SSSR count). The second-order valence-corrected chi connectivity index (χ2v) is 9.67. The largest absolute Gasteiger partial charge is 0.506 e. The number of halogens is 4. The van der Waals surface area contributed by atoms with Crippen LogP contribution in [0.1, 0.15) is 28.4 Å². The summed E-state index contributed by atoms with van der Waals surface area (Å²) in [7, 11) is 0. The van der Waals surface area contributed by atoms with Crippen molar-refractivity contribution >= 4 is 39.4 Å². The van der Waals surface area contributed by atoms with Crippen molar-refractivity contribution in [3.05, 3.63) is 125 Å². The van der Waals surface area contributed by atoms with E-state index < -0.39 is 17.8 Å². The third-order valence-corrected chi connectivity index (χ3v) is 6.72. The third kappa shape index (κ3) is 6.18. The van der Waals surface area contributed by atoms with E-state index >= 15 is 0 Å². The third-order valence-electron chi connectivity index (χ3n) is 6.41. The zero-order chi connectivity index (χ0) is 29.9.